The average molecular weight is 670 g/mol. The van der Waals surface area contributed by atoms with Gasteiger partial charge in [-0.2, -0.15) is 0 Å². The fourth-order valence-corrected chi connectivity index (χ4v) is 7.22. The van der Waals surface area contributed by atoms with Gasteiger partial charge in [-0.15, -0.1) is 0 Å². The van der Waals surface area contributed by atoms with Crippen molar-refractivity contribution in [3.05, 3.63) is 113 Å². The summed E-state index contributed by atoms with van der Waals surface area (Å²) in [4.78, 5) is 46.3. The van der Waals surface area contributed by atoms with Crippen LogP contribution in [0.1, 0.15) is 46.5 Å². The number of carbonyl (C=O) groups is 3. The topological polar surface area (TPSA) is 160 Å². The first kappa shape index (κ1) is 34.1. The molecular formula is C36H39N5O6S. The van der Waals surface area contributed by atoms with Crippen LogP contribution in [0.15, 0.2) is 89.7 Å². The number of nitrogens with one attached hydrogen (secondary N) is 1. The first-order valence-corrected chi connectivity index (χ1v) is 17.0. The molecule has 0 saturated carbocycles. The molecule has 11 nitrogen and oxygen atoms in total. The van der Waals surface area contributed by atoms with Gasteiger partial charge < -0.3 is 20.1 Å². The van der Waals surface area contributed by atoms with E-state index in [1.807, 2.05) is 44.2 Å². The summed E-state index contributed by atoms with van der Waals surface area (Å²) in [5.41, 5.74) is 10.8. The summed E-state index contributed by atoms with van der Waals surface area (Å²) in [5, 5.41) is 3.43. The molecule has 2 atom stereocenters. The minimum Gasteiger partial charge on any atom is -0.368 e. The Kier molecular flexibility index (Phi) is 9.85. The molecule has 48 heavy (non-hydrogen) atoms. The van der Waals surface area contributed by atoms with Crippen LogP contribution in [0, 0.1) is 13.8 Å². The third-order valence-corrected chi connectivity index (χ3v) is 10.6. The normalized spacial score (nSPS) is 13.0. The Morgan fingerprint density at radius 1 is 0.917 bits per heavy atom. The lowest BCUT2D eigenvalue weighted by molar-refractivity contribution is -0.137. The number of aromatic amines is 1. The zero-order valence-corrected chi connectivity index (χ0v) is 28.3. The number of fused-ring (bicyclic) bond motifs is 1. The van der Waals surface area contributed by atoms with Gasteiger partial charge in [0.05, 0.1) is 11.4 Å². The van der Waals surface area contributed by atoms with Gasteiger partial charge in [-0.05, 0) is 57.0 Å². The summed E-state index contributed by atoms with van der Waals surface area (Å²) in [6, 6.07) is 18.6. The Balaban J connectivity index is 1.60. The maximum atomic E-state index is 14.8. The largest absolute Gasteiger partial charge is 0.368 e. The minimum atomic E-state index is -4.43. The van der Waals surface area contributed by atoms with Crippen LogP contribution in [0.3, 0.4) is 0 Å². The number of amides is 3. The number of rotatable bonds is 12. The number of hydrogen-bond donors (Lipinski definition) is 2. The number of para-hydroxylation sites is 1. The monoisotopic (exact) mass is 669 g/mol. The molecule has 0 radical (unpaired) electrons. The summed E-state index contributed by atoms with van der Waals surface area (Å²) in [5.74, 6) is -1.86. The molecule has 12 heteroatoms. The lowest BCUT2D eigenvalue weighted by Gasteiger charge is -2.36. The van der Waals surface area contributed by atoms with Crippen LogP contribution >= 0.6 is 0 Å². The smallest absolute Gasteiger partial charge is 0.259 e. The second-order valence-electron chi connectivity index (χ2n) is 12.3. The Morgan fingerprint density at radius 3 is 2.19 bits per heavy atom. The molecule has 0 fully saturated rings. The summed E-state index contributed by atoms with van der Waals surface area (Å²) in [6.07, 6.45) is 2.99. The maximum absolute atomic E-state index is 14.8. The van der Waals surface area contributed by atoms with Crippen molar-refractivity contribution < 1.29 is 27.3 Å². The predicted molar refractivity (Wildman–Crippen MR) is 183 cm³/mol. The molecule has 3 aromatic carbocycles. The zero-order valence-electron chi connectivity index (χ0n) is 27.5. The summed E-state index contributed by atoms with van der Waals surface area (Å²) in [6.45, 7) is 6.59. The summed E-state index contributed by atoms with van der Waals surface area (Å²) in [7, 11) is -2.97. The average Bonchev–Trinajstić information content (AvgIpc) is 3.73. The lowest BCUT2D eigenvalue weighted by Crippen LogP contribution is -2.59. The van der Waals surface area contributed by atoms with Crippen molar-refractivity contribution in [3.8, 4) is 11.3 Å². The van der Waals surface area contributed by atoms with Crippen molar-refractivity contribution in [2.45, 2.75) is 57.9 Å². The quantitative estimate of drug-likeness (QED) is 0.193. The molecule has 0 aliphatic carbocycles. The number of nitrogens with two attached hydrogens (primary N) is 1. The van der Waals surface area contributed by atoms with E-state index in [2.05, 4.69) is 10.1 Å². The Morgan fingerprint density at radius 2 is 1.58 bits per heavy atom. The molecule has 0 spiro atoms. The Labute approximate surface area is 279 Å². The van der Waals surface area contributed by atoms with Crippen molar-refractivity contribution >= 4 is 38.6 Å². The number of sulfonamides is 1. The molecule has 2 heterocycles. The van der Waals surface area contributed by atoms with Gasteiger partial charge in [0, 0.05) is 54.2 Å². The number of aryl methyl sites for hydroxylation is 2. The second kappa shape index (κ2) is 13.9. The number of H-pyrrole nitrogens is 1. The molecule has 3 N–H and O–H groups in total. The van der Waals surface area contributed by atoms with Crippen molar-refractivity contribution in [3.63, 3.8) is 0 Å². The van der Waals surface area contributed by atoms with Gasteiger partial charge in [-0.25, -0.2) is 12.7 Å². The number of primary amides is 1. The van der Waals surface area contributed by atoms with Crippen LogP contribution in [0.5, 0.6) is 0 Å². The maximum Gasteiger partial charge on any atom is 0.259 e. The second-order valence-corrected chi connectivity index (χ2v) is 14.7. The molecule has 0 unspecified atom stereocenters. The fourth-order valence-electron chi connectivity index (χ4n) is 5.86. The highest BCUT2D eigenvalue weighted by molar-refractivity contribution is 7.90. The first-order chi connectivity index (χ1) is 22.8. The van der Waals surface area contributed by atoms with Crippen molar-refractivity contribution in [2.24, 2.45) is 5.73 Å². The molecule has 3 amide bonds. The number of carbonyl (C=O) groups excluding carboxylic acids is 3. The third-order valence-electron chi connectivity index (χ3n) is 8.43. The van der Waals surface area contributed by atoms with Crippen LogP contribution in [-0.2, 0) is 32.5 Å². The molecule has 0 bridgehead atoms. The lowest BCUT2D eigenvalue weighted by atomic mass is 9.99. The van der Waals surface area contributed by atoms with Gasteiger partial charge >= 0.3 is 0 Å². The number of hydrogen-bond acceptors (Lipinski definition) is 7. The zero-order chi connectivity index (χ0) is 34.7. The molecule has 5 rings (SSSR count). The van der Waals surface area contributed by atoms with Gasteiger partial charge in [-0.1, -0.05) is 64.8 Å². The van der Waals surface area contributed by atoms with Gasteiger partial charge in [0.1, 0.15) is 12.1 Å². The highest BCUT2D eigenvalue weighted by atomic mass is 32.2. The van der Waals surface area contributed by atoms with Crippen LogP contribution in [0.2, 0.25) is 0 Å². The highest BCUT2D eigenvalue weighted by Gasteiger charge is 2.44. The molecule has 5 aromatic rings. The van der Waals surface area contributed by atoms with Crippen LogP contribution in [-0.4, -0.2) is 69.9 Å². The van der Waals surface area contributed by atoms with E-state index in [9.17, 15) is 22.8 Å². The Hall–Kier alpha value is -5.23. The number of likely N-dealkylation sites (N-methyl/N-ethyl adjacent to an activating group) is 1. The number of aromatic nitrogens is 2. The standard InChI is InChI=1S/C36H39N5O6S/c1-22(2)48(45,46)41(31(34(37)42)20-28-21-38-30-9-7-6-8-29(28)30)36(44)32(40(5)35(43)27-17-23(3)16-24(4)18-27)19-25-10-12-26(13-11-25)33-14-15-39-47-33/h6-18,21-22,31-32,38H,19-20H2,1-5H3,(H2,37,42)/t31-,32-/m0/s1. The van der Waals surface area contributed by atoms with Crippen LogP contribution in [0.25, 0.3) is 22.2 Å². The number of benzene rings is 3. The molecule has 0 saturated heterocycles. The molecule has 0 aliphatic heterocycles. The van der Waals surface area contributed by atoms with Crippen molar-refractivity contribution in [1.82, 2.24) is 19.3 Å². The Bertz CT molecular complexity index is 2030. The van der Waals surface area contributed by atoms with Gasteiger partial charge in [0.25, 0.3) is 11.8 Å². The predicted octanol–water partition coefficient (Wildman–Crippen LogP) is 4.79. The molecule has 250 valence electrons. The van der Waals surface area contributed by atoms with Crippen LogP contribution in [0.4, 0.5) is 0 Å². The third kappa shape index (κ3) is 7.03. The van der Waals surface area contributed by atoms with Gasteiger partial charge in [0.2, 0.25) is 15.9 Å². The minimum absolute atomic E-state index is 0.0504. The number of nitrogens with zero attached hydrogens (tertiary/aromatic N) is 3. The highest BCUT2D eigenvalue weighted by Crippen LogP contribution is 2.27. The van der Waals surface area contributed by atoms with E-state index >= 15 is 0 Å². The summed E-state index contributed by atoms with van der Waals surface area (Å²) < 4.78 is 34.0. The molecule has 0 aliphatic rings. The van der Waals surface area contributed by atoms with Gasteiger partial charge in [-0.3, -0.25) is 14.4 Å². The van der Waals surface area contributed by atoms with E-state index in [0.29, 0.717) is 26.8 Å². The fraction of sp³-hybridized carbons (Fsp3) is 0.278. The van der Waals surface area contributed by atoms with E-state index in [0.717, 1.165) is 27.6 Å². The van der Waals surface area contributed by atoms with Crippen LogP contribution < -0.4 is 5.73 Å². The molecule has 2 aromatic heterocycles. The van der Waals surface area contributed by atoms with E-state index in [1.54, 1.807) is 48.7 Å². The first-order valence-electron chi connectivity index (χ1n) is 15.5. The van der Waals surface area contributed by atoms with Gasteiger partial charge in [0.15, 0.2) is 5.76 Å². The van der Waals surface area contributed by atoms with E-state index in [1.165, 1.54) is 32.0 Å². The SMILES string of the molecule is Cc1cc(C)cc(C(=O)N(C)[C@@H](Cc2ccc(-c3ccno3)cc2)C(=O)N([C@@H](Cc2c[nH]c3ccccc23)C(N)=O)S(=O)(=O)C(C)C)c1. The van der Waals surface area contributed by atoms with Crippen molar-refractivity contribution in [2.75, 3.05) is 7.05 Å². The molecular weight excluding hydrogens is 630 g/mol. The van der Waals surface area contributed by atoms with E-state index in [-0.39, 0.29) is 12.8 Å². The van der Waals surface area contributed by atoms with E-state index < -0.39 is 45.1 Å². The van der Waals surface area contributed by atoms with Crippen molar-refractivity contribution in [1.29, 1.82) is 0 Å². The summed E-state index contributed by atoms with van der Waals surface area (Å²) >= 11 is 0. The van der Waals surface area contributed by atoms with E-state index in [4.69, 9.17) is 10.3 Å².